The fraction of sp³-hybridized carbons (Fsp3) is 0.304. The Hall–Kier alpha value is -2.35. The molecule has 0 amide bonds. The molecule has 1 fully saturated rings. The van der Waals surface area contributed by atoms with Gasteiger partial charge in [-0.3, -0.25) is 4.98 Å². The second kappa shape index (κ2) is 9.64. The predicted octanol–water partition coefficient (Wildman–Crippen LogP) is 5.14. The van der Waals surface area contributed by atoms with Gasteiger partial charge in [-0.1, -0.05) is 35.5 Å². The number of aryl methyl sites for hydroxylation is 1. The molecule has 156 valence electrons. The smallest absolute Gasteiger partial charge is 0.170 e. The number of nitrogens with one attached hydrogen (secondary N) is 1. The Balaban J connectivity index is 1.60. The number of benzene rings is 1. The van der Waals surface area contributed by atoms with E-state index in [1.807, 2.05) is 30.5 Å². The summed E-state index contributed by atoms with van der Waals surface area (Å²) in [6.07, 6.45) is 2.70. The van der Waals surface area contributed by atoms with Crippen molar-refractivity contribution in [3.05, 3.63) is 77.8 Å². The van der Waals surface area contributed by atoms with Crippen LogP contribution in [0.3, 0.4) is 0 Å². The maximum absolute atomic E-state index is 6.30. The summed E-state index contributed by atoms with van der Waals surface area (Å²) >= 11 is 7.29. The molecule has 3 heterocycles. The zero-order chi connectivity index (χ0) is 20.9. The molecule has 4 rings (SSSR count). The topological polar surface area (TPSA) is 50.5 Å². The average Bonchev–Trinajstić information content (AvgIpc) is 3.35. The standard InChI is InChI=1S/C23H25N3O2S2/c1-16-7-9-17(10-8-16)30-20-12-11-19(28-20)22-21(18-6-3-4-13-24-18)25-23(29)26(22)14-5-15-27-2/h3-4,6-13,21-22H,5,14-15H2,1-2H3,(H,25,29). The molecule has 2 unspecified atom stereocenters. The van der Waals surface area contributed by atoms with Crippen molar-refractivity contribution < 1.29 is 9.15 Å². The van der Waals surface area contributed by atoms with Crippen molar-refractivity contribution in [2.45, 2.75) is 35.4 Å². The number of nitrogens with zero attached hydrogens (tertiary/aromatic N) is 2. The number of hydrogen-bond donors (Lipinski definition) is 1. The number of furan rings is 1. The van der Waals surface area contributed by atoms with Crippen molar-refractivity contribution in [2.24, 2.45) is 0 Å². The lowest BCUT2D eigenvalue weighted by atomic mass is 10.0. The first-order valence-electron chi connectivity index (χ1n) is 9.97. The molecule has 2 atom stereocenters. The first-order valence-corrected chi connectivity index (χ1v) is 11.2. The van der Waals surface area contributed by atoms with Gasteiger partial charge in [0, 0.05) is 31.4 Å². The van der Waals surface area contributed by atoms with Crippen molar-refractivity contribution in [1.82, 2.24) is 15.2 Å². The third kappa shape index (κ3) is 4.69. The number of hydrogen-bond acceptors (Lipinski definition) is 5. The third-order valence-corrected chi connectivity index (χ3v) is 6.36. The minimum atomic E-state index is -0.0652. The van der Waals surface area contributed by atoms with Crippen LogP contribution in [-0.2, 0) is 4.74 Å². The highest BCUT2D eigenvalue weighted by molar-refractivity contribution is 7.99. The van der Waals surface area contributed by atoms with Gasteiger partial charge in [0.25, 0.3) is 0 Å². The van der Waals surface area contributed by atoms with Gasteiger partial charge in [0.15, 0.2) is 10.2 Å². The summed E-state index contributed by atoms with van der Waals surface area (Å²) in [6.45, 7) is 3.56. The van der Waals surface area contributed by atoms with Gasteiger partial charge in [-0.2, -0.15) is 0 Å². The molecule has 30 heavy (non-hydrogen) atoms. The van der Waals surface area contributed by atoms with E-state index in [4.69, 9.17) is 21.4 Å². The van der Waals surface area contributed by atoms with E-state index in [1.54, 1.807) is 18.9 Å². The predicted molar refractivity (Wildman–Crippen MR) is 123 cm³/mol. The van der Waals surface area contributed by atoms with Crippen molar-refractivity contribution >= 4 is 29.1 Å². The zero-order valence-electron chi connectivity index (χ0n) is 17.1. The molecule has 0 aliphatic carbocycles. The zero-order valence-corrected chi connectivity index (χ0v) is 18.7. The van der Waals surface area contributed by atoms with Crippen molar-refractivity contribution in [2.75, 3.05) is 20.3 Å². The molecular weight excluding hydrogens is 414 g/mol. The van der Waals surface area contributed by atoms with Crippen LogP contribution in [-0.4, -0.2) is 35.3 Å². The molecule has 0 bridgehead atoms. The highest BCUT2D eigenvalue weighted by Gasteiger charge is 2.41. The average molecular weight is 440 g/mol. The van der Waals surface area contributed by atoms with Crippen LogP contribution >= 0.6 is 24.0 Å². The van der Waals surface area contributed by atoms with Gasteiger partial charge in [0.05, 0.1) is 11.7 Å². The second-order valence-corrected chi connectivity index (χ2v) is 8.70. The number of thiocarbonyl (C=S) groups is 1. The SMILES string of the molecule is COCCCN1C(=S)NC(c2ccccn2)C1c1ccc(Sc2ccc(C)cc2)o1. The van der Waals surface area contributed by atoms with Gasteiger partial charge in [0.2, 0.25) is 0 Å². The first-order chi connectivity index (χ1) is 14.7. The maximum Gasteiger partial charge on any atom is 0.170 e. The van der Waals surface area contributed by atoms with E-state index in [0.717, 1.165) is 39.5 Å². The molecule has 0 radical (unpaired) electrons. The van der Waals surface area contributed by atoms with E-state index in [1.165, 1.54) is 5.56 Å². The Morgan fingerprint density at radius 2 is 2.00 bits per heavy atom. The van der Waals surface area contributed by atoms with E-state index >= 15 is 0 Å². The highest BCUT2D eigenvalue weighted by Crippen LogP contribution is 2.41. The van der Waals surface area contributed by atoms with Crippen LogP contribution < -0.4 is 5.32 Å². The van der Waals surface area contributed by atoms with Gasteiger partial charge >= 0.3 is 0 Å². The number of pyridine rings is 1. The summed E-state index contributed by atoms with van der Waals surface area (Å²) < 4.78 is 11.5. The molecular formula is C23H25N3O2S2. The monoisotopic (exact) mass is 439 g/mol. The van der Waals surface area contributed by atoms with E-state index in [2.05, 4.69) is 52.5 Å². The van der Waals surface area contributed by atoms with E-state index in [-0.39, 0.29) is 12.1 Å². The van der Waals surface area contributed by atoms with Crippen LogP contribution in [0.4, 0.5) is 0 Å². The largest absolute Gasteiger partial charge is 0.452 e. The number of rotatable bonds is 8. The van der Waals surface area contributed by atoms with Gasteiger partial charge in [-0.05, 0) is 62.0 Å². The molecule has 1 N–H and O–H groups in total. The summed E-state index contributed by atoms with van der Waals surface area (Å²) in [7, 11) is 1.72. The fourth-order valence-corrected chi connectivity index (χ4v) is 4.72. The molecule has 1 aliphatic heterocycles. The molecule has 1 aromatic carbocycles. The van der Waals surface area contributed by atoms with Gasteiger partial charge < -0.3 is 19.4 Å². The minimum absolute atomic E-state index is 0.0587. The molecule has 7 heteroatoms. The summed E-state index contributed by atoms with van der Waals surface area (Å²) in [5.74, 6) is 0.880. The van der Waals surface area contributed by atoms with E-state index in [0.29, 0.717) is 6.61 Å². The quantitative estimate of drug-likeness (QED) is 0.385. The van der Waals surface area contributed by atoms with Crippen LogP contribution in [0.25, 0.3) is 0 Å². The van der Waals surface area contributed by atoms with Gasteiger partial charge in [0.1, 0.15) is 11.8 Å². The molecule has 0 spiro atoms. The third-order valence-electron chi connectivity index (χ3n) is 5.08. The van der Waals surface area contributed by atoms with E-state index < -0.39 is 0 Å². The molecule has 1 aliphatic rings. The Morgan fingerprint density at radius 1 is 1.17 bits per heavy atom. The van der Waals surface area contributed by atoms with E-state index in [9.17, 15) is 0 Å². The van der Waals surface area contributed by atoms with Gasteiger partial charge in [-0.15, -0.1) is 0 Å². The van der Waals surface area contributed by atoms with Crippen LogP contribution in [0.1, 0.15) is 35.5 Å². The molecule has 2 aromatic heterocycles. The molecule has 1 saturated heterocycles. The van der Waals surface area contributed by atoms with Crippen LogP contribution in [0.15, 0.2) is 75.2 Å². The first kappa shape index (κ1) is 20.9. The van der Waals surface area contributed by atoms with Gasteiger partial charge in [-0.25, -0.2) is 0 Å². The summed E-state index contributed by atoms with van der Waals surface area (Å²) in [5.41, 5.74) is 2.19. The Bertz CT molecular complexity index is 976. The summed E-state index contributed by atoms with van der Waals surface area (Å²) in [5, 5.41) is 5.03. The fourth-order valence-electron chi connectivity index (χ4n) is 3.61. The highest BCUT2D eigenvalue weighted by atomic mass is 32.2. The van der Waals surface area contributed by atoms with Crippen LogP contribution in [0.2, 0.25) is 0 Å². The molecule has 3 aromatic rings. The Labute approximate surface area is 186 Å². The summed E-state index contributed by atoms with van der Waals surface area (Å²) in [6, 6.07) is 18.4. The lowest BCUT2D eigenvalue weighted by Crippen LogP contribution is -2.31. The number of ether oxygens (including phenoxy) is 1. The van der Waals surface area contributed by atoms with Crippen molar-refractivity contribution in [1.29, 1.82) is 0 Å². The Kier molecular flexibility index (Phi) is 6.72. The normalized spacial score (nSPS) is 18.6. The lowest BCUT2D eigenvalue weighted by molar-refractivity contribution is 0.176. The Morgan fingerprint density at radius 3 is 2.73 bits per heavy atom. The minimum Gasteiger partial charge on any atom is -0.452 e. The second-order valence-electron chi connectivity index (χ2n) is 7.24. The maximum atomic E-state index is 6.30. The van der Waals surface area contributed by atoms with Crippen molar-refractivity contribution in [3.8, 4) is 0 Å². The lowest BCUT2D eigenvalue weighted by Gasteiger charge is -2.25. The number of methoxy groups -OCH3 is 1. The number of aromatic nitrogens is 1. The van der Waals surface area contributed by atoms with Crippen LogP contribution in [0.5, 0.6) is 0 Å². The van der Waals surface area contributed by atoms with Crippen molar-refractivity contribution in [3.63, 3.8) is 0 Å². The summed E-state index contributed by atoms with van der Waals surface area (Å²) in [4.78, 5) is 7.90. The van der Waals surface area contributed by atoms with Crippen LogP contribution in [0, 0.1) is 6.92 Å². The molecule has 5 nitrogen and oxygen atoms in total. The molecule has 0 saturated carbocycles.